The lowest BCUT2D eigenvalue weighted by Crippen LogP contribution is -2.40. The summed E-state index contributed by atoms with van der Waals surface area (Å²) < 4.78 is 32.5. The van der Waals surface area contributed by atoms with Crippen LogP contribution in [-0.2, 0) is 10.0 Å². The molecule has 1 aromatic carbocycles. The first-order valence-electron chi connectivity index (χ1n) is 8.09. The fourth-order valence-corrected chi connectivity index (χ4v) is 5.98. The van der Waals surface area contributed by atoms with Gasteiger partial charge in [-0.1, -0.05) is 23.4 Å². The number of sulfonamides is 1. The average molecular weight is 367 g/mol. The standard InChI is InChI=1S/C17H22N2O3S2/c1-13-17(14(2)22-18-13)24(20,21)19-10-6-7-15(11-19)12-23-16-8-4-3-5-9-16/h3-5,8-9,15H,6-7,10-12H2,1-2H3. The van der Waals surface area contributed by atoms with Crippen LogP contribution in [0.15, 0.2) is 44.6 Å². The van der Waals surface area contributed by atoms with Crippen LogP contribution in [0.1, 0.15) is 24.3 Å². The SMILES string of the molecule is Cc1noc(C)c1S(=O)(=O)N1CCCC(CSc2ccccc2)C1. The number of nitrogens with zero attached hydrogens (tertiary/aromatic N) is 2. The van der Waals surface area contributed by atoms with E-state index in [9.17, 15) is 8.42 Å². The van der Waals surface area contributed by atoms with Crippen LogP contribution in [0.5, 0.6) is 0 Å². The van der Waals surface area contributed by atoms with Crippen molar-refractivity contribution < 1.29 is 12.9 Å². The monoisotopic (exact) mass is 366 g/mol. The second kappa shape index (κ2) is 7.29. The first-order chi connectivity index (χ1) is 11.5. The van der Waals surface area contributed by atoms with Crippen LogP contribution < -0.4 is 0 Å². The lowest BCUT2D eigenvalue weighted by molar-refractivity contribution is 0.284. The van der Waals surface area contributed by atoms with Gasteiger partial charge in [-0.3, -0.25) is 0 Å². The molecule has 2 heterocycles. The summed E-state index contributed by atoms with van der Waals surface area (Å²) in [5.41, 5.74) is 0.438. The van der Waals surface area contributed by atoms with Gasteiger partial charge in [-0.15, -0.1) is 11.8 Å². The molecule has 1 saturated heterocycles. The van der Waals surface area contributed by atoms with Gasteiger partial charge in [0.15, 0.2) is 5.76 Å². The predicted octanol–water partition coefficient (Wildman–Crippen LogP) is 3.48. The summed E-state index contributed by atoms with van der Waals surface area (Å²) in [6.07, 6.45) is 1.95. The lowest BCUT2D eigenvalue weighted by atomic mass is 10.0. The Hall–Kier alpha value is -1.31. The molecule has 1 atom stereocenters. The largest absolute Gasteiger partial charge is 0.360 e. The van der Waals surface area contributed by atoms with E-state index in [1.807, 2.05) is 18.2 Å². The van der Waals surface area contributed by atoms with Gasteiger partial charge in [-0.05, 0) is 44.7 Å². The Morgan fingerprint density at radius 3 is 2.71 bits per heavy atom. The van der Waals surface area contributed by atoms with E-state index in [1.54, 1.807) is 29.9 Å². The van der Waals surface area contributed by atoms with Crippen LogP contribution in [0.4, 0.5) is 0 Å². The van der Waals surface area contributed by atoms with Crippen molar-refractivity contribution in [2.24, 2.45) is 5.92 Å². The minimum absolute atomic E-state index is 0.235. The summed E-state index contributed by atoms with van der Waals surface area (Å²) in [4.78, 5) is 1.46. The Labute approximate surface area is 147 Å². The van der Waals surface area contributed by atoms with Crippen molar-refractivity contribution in [1.29, 1.82) is 0 Å². The van der Waals surface area contributed by atoms with E-state index in [-0.39, 0.29) is 4.90 Å². The molecule has 0 spiro atoms. The molecule has 0 saturated carbocycles. The van der Waals surface area contributed by atoms with Crippen molar-refractivity contribution in [3.8, 4) is 0 Å². The van der Waals surface area contributed by atoms with Gasteiger partial charge in [0.05, 0.1) is 0 Å². The van der Waals surface area contributed by atoms with Gasteiger partial charge in [0, 0.05) is 23.7 Å². The second-order valence-electron chi connectivity index (χ2n) is 6.15. The van der Waals surface area contributed by atoms with Gasteiger partial charge < -0.3 is 4.52 Å². The minimum atomic E-state index is -3.53. The number of piperidine rings is 1. The van der Waals surface area contributed by atoms with Crippen molar-refractivity contribution in [2.75, 3.05) is 18.8 Å². The normalized spacial score (nSPS) is 19.5. The Bertz CT molecular complexity index is 768. The molecule has 3 rings (SSSR count). The number of aromatic nitrogens is 1. The van der Waals surface area contributed by atoms with Crippen LogP contribution in [-0.4, -0.2) is 36.7 Å². The van der Waals surface area contributed by atoms with Gasteiger partial charge in [0.1, 0.15) is 10.6 Å². The maximum Gasteiger partial charge on any atom is 0.248 e. The number of hydrogen-bond acceptors (Lipinski definition) is 5. The third-order valence-electron chi connectivity index (χ3n) is 4.28. The third kappa shape index (κ3) is 3.68. The molecule has 1 aliphatic rings. The van der Waals surface area contributed by atoms with E-state index >= 15 is 0 Å². The third-order valence-corrected chi connectivity index (χ3v) is 7.63. The summed E-state index contributed by atoms with van der Waals surface area (Å²) in [5, 5.41) is 3.79. The predicted molar refractivity (Wildman–Crippen MR) is 94.6 cm³/mol. The topological polar surface area (TPSA) is 63.4 Å². The van der Waals surface area contributed by atoms with Crippen LogP contribution in [0.2, 0.25) is 0 Å². The van der Waals surface area contributed by atoms with Crippen molar-refractivity contribution in [3.63, 3.8) is 0 Å². The zero-order valence-corrected chi connectivity index (χ0v) is 15.6. The Balaban J connectivity index is 1.69. The number of rotatable bonds is 5. The van der Waals surface area contributed by atoms with E-state index in [2.05, 4.69) is 17.3 Å². The fraction of sp³-hybridized carbons (Fsp3) is 0.471. The van der Waals surface area contributed by atoms with Crippen LogP contribution in [0.25, 0.3) is 0 Å². The van der Waals surface area contributed by atoms with Gasteiger partial charge in [-0.2, -0.15) is 4.31 Å². The van der Waals surface area contributed by atoms with Crippen molar-refractivity contribution in [1.82, 2.24) is 9.46 Å². The van der Waals surface area contributed by atoms with Gasteiger partial charge in [0.2, 0.25) is 10.0 Å². The molecule has 7 heteroatoms. The number of thioether (sulfide) groups is 1. The van der Waals surface area contributed by atoms with Crippen molar-refractivity contribution in [3.05, 3.63) is 41.8 Å². The molecule has 0 bridgehead atoms. The van der Waals surface area contributed by atoms with Crippen molar-refractivity contribution >= 4 is 21.8 Å². The second-order valence-corrected chi connectivity index (χ2v) is 9.12. The van der Waals surface area contributed by atoms with Gasteiger partial charge in [-0.25, -0.2) is 8.42 Å². The Morgan fingerprint density at radius 2 is 2.04 bits per heavy atom. The van der Waals surface area contributed by atoms with Crippen molar-refractivity contribution in [2.45, 2.75) is 36.5 Å². The van der Waals surface area contributed by atoms with Crippen LogP contribution in [0, 0.1) is 19.8 Å². The van der Waals surface area contributed by atoms with E-state index in [4.69, 9.17) is 4.52 Å². The molecule has 130 valence electrons. The zero-order valence-electron chi connectivity index (χ0n) is 13.9. The number of benzene rings is 1. The first-order valence-corrected chi connectivity index (χ1v) is 10.5. The van der Waals surface area contributed by atoms with Gasteiger partial charge >= 0.3 is 0 Å². The molecular formula is C17H22N2O3S2. The zero-order chi connectivity index (χ0) is 17.2. The smallest absolute Gasteiger partial charge is 0.248 e. The summed E-state index contributed by atoms with van der Waals surface area (Å²) in [7, 11) is -3.53. The maximum absolute atomic E-state index is 12.9. The molecule has 1 unspecified atom stereocenters. The average Bonchev–Trinajstić information content (AvgIpc) is 2.93. The molecule has 2 aromatic rings. The maximum atomic E-state index is 12.9. The Kier molecular flexibility index (Phi) is 5.32. The quantitative estimate of drug-likeness (QED) is 0.758. The van der Waals surface area contributed by atoms with Crippen LogP contribution >= 0.6 is 11.8 Å². The fourth-order valence-electron chi connectivity index (χ4n) is 3.08. The van der Waals surface area contributed by atoms with Crippen LogP contribution in [0.3, 0.4) is 0 Å². The molecule has 24 heavy (non-hydrogen) atoms. The molecule has 0 radical (unpaired) electrons. The summed E-state index contributed by atoms with van der Waals surface area (Å²) >= 11 is 1.79. The molecular weight excluding hydrogens is 344 g/mol. The highest BCUT2D eigenvalue weighted by Crippen LogP contribution is 2.30. The minimum Gasteiger partial charge on any atom is -0.360 e. The highest BCUT2D eigenvalue weighted by Gasteiger charge is 2.34. The van der Waals surface area contributed by atoms with E-state index in [1.165, 1.54) is 4.90 Å². The molecule has 5 nitrogen and oxygen atoms in total. The highest BCUT2D eigenvalue weighted by molar-refractivity contribution is 7.99. The summed E-state index contributed by atoms with van der Waals surface area (Å²) in [5.74, 6) is 1.66. The lowest BCUT2D eigenvalue weighted by Gasteiger charge is -2.31. The molecule has 1 aliphatic heterocycles. The number of aryl methyl sites for hydroxylation is 2. The molecule has 0 aliphatic carbocycles. The molecule has 0 amide bonds. The van der Waals surface area contributed by atoms with E-state index in [0.717, 1.165) is 18.6 Å². The molecule has 1 aromatic heterocycles. The van der Waals surface area contributed by atoms with E-state index in [0.29, 0.717) is 30.5 Å². The molecule has 1 fully saturated rings. The number of hydrogen-bond donors (Lipinski definition) is 0. The summed E-state index contributed by atoms with van der Waals surface area (Å²) in [6, 6.07) is 10.2. The highest BCUT2D eigenvalue weighted by atomic mass is 32.2. The first kappa shape index (κ1) is 17.5. The Morgan fingerprint density at radius 1 is 1.29 bits per heavy atom. The van der Waals surface area contributed by atoms with Gasteiger partial charge in [0.25, 0.3) is 0 Å². The summed E-state index contributed by atoms with van der Waals surface area (Å²) in [6.45, 7) is 4.46. The molecule has 0 N–H and O–H groups in total. The van der Waals surface area contributed by atoms with E-state index < -0.39 is 10.0 Å².